The number of rotatable bonds is 1. The van der Waals surface area contributed by atoms with Crippen LogP contribution in [0, 0.1) is 0 Å². The third-order valence-corrected chi connectivity index (χ3v) is 3.70. The maximum atomic E-state index is 4.45. The highest BCUT2D eigenvalue weighted by Gasteiger charge is 2.41. The van der Waals surface area contributed by atoms with Crippen molar-refractivity contribution in [3.8, 4) is 0 Å². The van der Waals surface area contributed by atoms with E-state index in [-0.39, 0.29) is 0 Å². The molecule has 0 bridgehead atoms. The van der Waals surface area contributed by atoms with Crippen molar-refractivity contribution in [2.24, 2.45) is 7.05 Å². The van der Waals surface area contributed by atoms with Gasteiger partial charge in [-0.2, -0.15) is 0 Å². The molecular weight excluding hydrogens is 254 g/mol. The number of halogens is 1. The first-order valence-corrected chi connectivity index (χ1v) is 5.88. The van der Waals surface area contributed by atoms with Crippen LogP contribution in [0.5, 0.6) is 0 Å². The molecule has 4 heteroatoms. The van der Waals surface area contributed by atoms with Gasteiger partial charge in [0.05, 0.1) is 6.20 Å². The normalized spacial score (nSPS) is 18.3. The van der Waals surface area contributed by atoms with Crippen molar-refractivity contribution in [1.82, 2.24) is 14.5 Å². The largest absolute Gasteiger partial charge is 0.331 e. The SMILES string of the molecule is Cn1c(C2(C)CC2)cc2ncc(Br)nc21. The van der Waals surface area contributed by atoms with Gasteiger partial charge in [-0.1, -0.05) is 6.92 Å². The summed E-state index contributed by atoms with van der Waals surface area (Å²) in [6, 6.07) is 2.17. The molecule has 1 fully saturated rings. The minimum atomic E-state index is 0.365. The van der Waals surface area contributed by atoms with E-state index in [1.165, 1.54) is 18.5 Å². The van der Waals surface area contributed by atoms with Crippen LogP contribution in [0.1, 0.15) is 25.5 Å². The molecule has 15 heavy (non-hydrogen) atoms. The summed E-state index contributed by atoms with van der Waals surface area (Å²) in [6.45, 7) is 2.30. The van der Waals surface area contributed by atoms with Gasteiger partial charge >= 0.3 is 0 Å². The van der Waals surface area contributed by atoms with E-state index in [4.69, 9.17) is 0 Å². The second kappa shape index (κ2) is 2.82. The monoisotopic (exact) mass is 265 g/mol. The van der Waals surface area contributed by atoms with Crippen molar-refractivity contribution < 1.29 is 0 Å². The van der Waals surface area contributed by atoms with Gasteiger partial charge in [0, 0.05) is 18.2 Å². The van der Waals surface area contributed by atoms with Crippen molar-refractivity contribution in [1.29, 1.82) is 0 Å². The molecular formula is C11H12BrN3. The third kappa shape index (κ3) is 1.31. The molecule has 0 aliphatic heterocycles. The van der Waals surface area contributed by atoms with Crippen LogP contribution >= 0.6 is 15.9 Å². The first-order chi connectivity index (χ1) is 7.10. The lowest BCUT2D eigenvalue weighted by atomic mass is 10.1. The topological polar surface area (TPSA) is 30.7 Å². The Morgan fingerprint density at radius 3 is 2.87 bits per heavy atom. The first kappa shape index (κ1) is 9.33. The van der Waals surface area contributed by atoms with Crippen molar-refractivity contribution in [2.75, 3.05) is 0 Å². The van der Waals surface area contributed by atoms with Crippen LogP contribution in [0.4, 0.5) is 0 Å². The molecule has 1 saturated carbocycles. The average Bonchev–Trinajstić information content (AvgIpc) is 2.86. The molecule has 0 aromatic carbocycles. The Balaban J connectivity index is 2.29. The van der Waals surface area contributed by atoms with Crippen LogP contribution in [-0.2, 0) is 12.5 Å². The number of aryl methyl sites for hydroxylation is 1. The summed E-state index contributed by atoms with van der Waals surface area (Å²) >= 11 is 3.35. The number of nitrogens with zero attached hydrogens (tertiary/aromatic N) is 3. The van der Waals surface area contributed by atoms with Gasteiger partial charge < -0.3 is 4.57 Å². The molecule has 3 nitrogen and oxygen atoms in total. The second-order valence-electron chi connectivity index (χ2n) is 4.55. The molecule has 0 N–H and O–H groups in total. The fraction of sp³-hybridized carbons (Fsp3) is 0.455. The molecule has 0 saturated heterocycles. The minimum absolute atomic E-state index is 0.365. The molecule has 0 amide bonds. The minimum Gasteiger partial charge on any atom is -0.331 e. The Labute approximate surface area is 96.7 Å². The Morgan fingerprint density at radius 1 is 1.47 bits per heavy atom. The number of aromatic nitrogens is 3. The van der Waals surface area contributed by atoms with E-state index in [0.29, 0.717) is 5.41 Å². The summed E-state index contributed by atoms with van der Waals surface area (Å²) in [4.78, 5) is 8.83. The van der Waals surface area contributed by atoms with Crippen LogP contribution in [0.25, 0.3) is 11.2 Å². The zero-order valence-electron chi connectivity index (χ0n) is 8.79. The highest BCUT2D eigenvalue weighted by Crippen LogP contribution is 2.48. The number of hydrogen-bond donors (Lipinski definition) is 0. The summed E-state index contributed by atoms with van der Waals surface area (Å²) in [7, 11) is 2.07. The van der Waals surface area contributed by atoms with E-state index in [0.717, 1.165) is 15.8 Å². The molecule has 0 spiro atoms. The zero-order valence-corrected chi connectivity index (χ0v) is 10.4. The molecule has 78 valence electrons. The van der Waals surface area contributed by atoms with Crippen molar-refractivity contribution in [2.45, 2.75) is 25.2 Å². The molecule has 2 aromatic rings. The maximum Gasteiger partial charge on any atom is 0.159 e. The quantitative estimate of drug-likeness (QED) is 0.794. The van der Waals surface area contributed by atoms with Crippen molar-refractivity contribution in [3.63, 3.8) is 0 Å². The van der Waals surface area contributed by atoms with Gasteiger partial charge in [0.25, 0.3) is 0 Å². The van der Waals surface area contributed by atoms with E-state index >= 15 is 0 Å². The molecule has 0 radical (unpaired) electrons. The van der Waals surface area contributed by atoms with Crippen LogP contribution in [-0.4, -0.2) is 14.5 Å². The van der Waals surface area contributed by atoms with Crippen LogP contribution in [0.2, 0.25) is 0 Å². The molecule has 3 rings (SSSR count). The van der Waals surface area contributed by atoms with Crippen LogP contribution < -0.4 is 0 Å². The molecule has 1 aliphatic rings. The summed E-state index contributed by atoms with van der Waals surface area (Å²) in [5.74, 6) is 0. The van der Waals surface area contributed by atoms with Gasteiger partial charge in [0.2, 0.25) is 0 Å². The smallest absolute Gasteiger partial charge is 0.159 e. The fourth-order valence-electron chi connectivity index (χ4n) is 2.08. The summed E-state index contributed by atoms with van der Waals surface area (Å²) in [5.41, 5.74) is 3.68. The average molecular weight is 266 g/mol. The van der Waals surface area contributed by atoms with Crippen molar-refractivity contribution >= 4 is 27.1 Å². The van der Waals surface area contributed by atoms with Crippen LogP contribution in [0.15, 0.2) is 16.9 Å². The van der Waals surface area contributed by atoms with Gasteiger partial charge in [-0.05, 0) is 34.8 Å². The predicted molar refractivity (Wildman–Crippen MR) is 62.8 cm³/mol. The lowest BCUT2D eigenvalue weighted by Gasteiger charge is -2.09. The summed E-state index contributed by atoms with van der Waals surface area (Å²) < 4.78 is 2.96. The predicted octanol–water partition coefficient (Wildman–Crippen LogP) is 2.78. The van der Waals surface area contributed by atoms with E-state index in [2.05, 4.69) is 50.5 Å². The lowest BCUT2D eigenvalue weighted by molar-refractivity contribution is 0.696. The second-order valence-corrected chi connectivity index (χ2v) is 5.36. The van der Waals surface area contributed by atoms with E-state index in [9.17, 15) is 0 Å². The molecule has 0 atom stereocenters. The highest BCUT2D eigenvalue weighted by molar-refractivity contribution is 9.10. The standard InChI is InChI=1S/C11H12BrN3/c1-11(3-4-11)8-5-7-10(15(8)2)14-9(12)6-13-7/h5-6H,3-4H2,1-2H3. The van der Waals surface area contributed by atoms with Crippen molar-refractivity contribution in [3.05, 3.63) is 22.6 Å². The fourth-order valence-corrected chi connectivity index (χ4v) is 2.35. The zero-order chi connectivity index (χ0) is 10.6. The van der Waals surface area contributed by atoms with Gasteiger partial charge in [-0.25, -0.2) is 4.98 Å². The number of fused-ring (bicyclic) bond motifs is 1. The van der Waals surface area contributed by atoms with E-state index in [1.54, 1.807) is 6.20 Å². The molecule has 2 aromatic heterocycles. The lowest BCUT2D eigenvalue weighted by Crippen LogP contribution is -2.06. The summed E-state index contributed by atoms with van der Waals surface area (Å²) in [6.07, 6.45) is 4.30. The molecule has 0 unspecified atom stereocenters. The van der Waals surface area contributed by atoms with Gasteiger partial charge in [-0.3, -0.25) is 4.98 Å². The summed E-state index contributed by atoms with van der Waals surface area (Å²) in [5, 5.41) is 0. The highest BCUT2D eigenvalue weighted by atomic mass is 79.9. The molecule has 1 aliphatic carbocycles. The van der Waals surface area contributed by atoms with Gasteiger partial charge in [0.15, 0.2) is 5.65 Å². The van der Waals surface area contributed by atoms with Gasteiger partial charge in [0.1, 0.15) is 10.1 Å². The van der Waals surface area contributed by atoms with Gasteiger partial charge in [-0.15, -0.1) is 0 Å². The third-order valence-electron chi connectivity index (χ3n) is 3.32. The first-order valence-electron chi connectivity index (χ1n) is 5.09. The molecule has 2 heterocycles. The van der Waals surface area contributed by atoms with E-state index < -0.39 is 0 Å². The van der Waals surface area contributed by atoms with E-state index in [1.807, 2.05) is 0 Å². The maximum absolute atomic E-state index is 4.45. The Morgan fingerprint density at radius 2 is 2.20 bits per heavy atom. The Bertz CT molecular complexity index is 540. The van der Waals surface area contributed by atoms with Crippen LogP contribution in [0.3, 0.4) is 0 Å². The Hall–Kier alpha value is -0.900. The Kier molecular flexibility index (Phi) is 1.75. The number of hydrogen-bond acceptors (Lipinski definition) is 2.